The van der Waals surface area contributed by atoms with Crippen LogP contribution in [0, 0.1) is 0 Å². The van der Waals surface area contributed by atoms with Gasteiger partial charge in [0.1, 0.15) is 0 Å². The molecule has 1 aromatic carbocycles. The van der Waals surface area contributed by atoms with Crippen LogP contribution in [0.5, 0.6) is 0 Å². The molecule has 0 atom stereocenters. The molecule has 17 heavy (non-hydrogen) atoms. The molecule has 6 heteroatoms. The molecule has 0 unspecified atom stereocenters. The summed E-state index contributed by atoms with van der Waals surface area (Å²) in [5, 5.41) is 4.04. The predicted molar refractivity (Wildman–Crippen MR) is 67.5 cm³/mol. The van der Waals surface area contributed by atoms with Crippen molar-refractivity contribution in [3.05, 3.63) is 48.3 Å². The molecule has 0 fully saturated rings. The molecule has 90 valence electrons. The fourth-order valence-electron chi connectivity index (χ4n) is 1.39. The Kier molecular flexibility index (Phi) is 3.83. The molecule has 0 spiro atoms. The summed E-state index contributed by atoms with van der Waals surface area (Å²) in [6.45, 7) is 0.579. The van der Waals surface area contributed by atoms with Gasteiger partial charge in [-0.2, -0.15) is 13.9 Å². The standard InChI is InChI=1S/C11H9BrF2N2S/c12-11(13,14)17-10-6-15-16(8-10)7-9-4-2-1-3-5-9/h1-6,8H,7H2. The van der Waals surface area contributed by atoms with Crippen molar-refractivity contribution in [2.75, 3.05) is 0 Å². The normalized spacial score (nSPS) is 11.7. The van der Waals surface area contributed by atoms with E-state index in [1.807, 2.05) is 30.3 Å². The van der Waals surface area contributed by atoms with Gasteiger partial charge in [0.05, 0.1) is 17.6 Å². The van der Waals surface area contributed by atoms with E-state index in [0.717, 1.165) is 5.56 Å². The van der Waals surface area contributed by atoms with Gasteiger partial charge in [-0.1, -0.05) is 30.3 Å². The minimum atomic E-state index is -2.95. The lowest BCUT2D eigenvalue weighted by Gasteiger charge is -2.04. The minimum absolute atomic E-state index is 0.432. The van der Waals surface area contributed by atoms with E-state index in [9.17, 15) is 8.78 Å². The van der Waals surface area contributed by atoms with Crippen LogP contribution in [0.1, 0.15) is 5.56 Å². The number of hydrogen-bond acceptors (Lipinski definition) is 2. The van der Waals surface area contributed by atoms with Gasteiger partial charge in [-0.3, -0.25) is 4.68 Å². The molecular formula is C11H9BrF2N2S. The van der Waals surface area contributed by atoms with Crippen molar-refractivity contribution in [1.82, 2.24) is 9.78 Å². The van der Waals surface area contributed by atoms with E-state index in [1.165, 1.54) is 6.20 Å². The van der Waals surface area contributed by atoms with Crippen LogP contribution >= 0.6 is 27.7 Å². The zero-order valence-corrected chi connectivity index (χ0v) is 11.1. The van der Waals surface area contributed by atoms with Gasteiger partial charge in [0, 0.05) is 22.1 Å². The van der Waals surface area contributed by atoms with Crippen LogP contribution in [0.4, 0.5) is 8.78 Å². The Balaban J connectivity index is 2.04. The van der Waals surface area contributed by atoms with Crippen LogP contribution in [0.25, 0.3) is 0 Å². The molecule has 0 aliphatic heterocycles. The Hall–Kier alpha value is -0.880. The van der Waals surface area contributed by atoms with Gasteiger partial charge in [0.15, 0.2) is 0 Å². The monoisotopic (exact) mass is 318 g/mol. The largest absolute Gasteiger partial charge is 0.353 e. The topological polar surface area (TPSA) is 17.8 Å². The smallest absolute Gasteiger partial charge is 0.267 e. The highest BCUT2D eigenvalue weighted by Gasteiger charge is 2.26. The number of benzene rings is 1. The third-order valence-electron chi connectivity index (χ3n) is 2.03. The molecule has 1 heterocycles. The Labute approximate surface area is 110 Å². The van der Waals surface area contributed by atoms with E-state index in [-0.39, 0.29) is 0 Å². The maximum absolute atomic E-state index is 12.7. The molecule has 0 saturated carbocycles. The van der Waals surface area contributed by atoms with E-state index in [2.05, 4.69) is 21.0 Å². The first-order chi connectivity index (χ1) is 8.03. The zero-order chi connectivity index (χ0) is 12.3. The molecule has 2 aromatic rings. The van der Waals surface area contributed by atoms with Crippen LogP contribution in [0.2, 0.25) is 0 Å². The quantitative estimate of drug-likeness (QED) is 0.627. The summed E-state index contributed by atoms with van der Waals surface area (Å²) in [5.41, 5.74) is 1.08. The average Bonchev–Trinajstić information content (AvgIpc) is 2.64. The Morgan fingerprint density at radius 2 is 2.00 bits per heavy atom. The van der Waals surface area contributed by atoms with Crippen LogP contribution in [0.15, 0.2) is 47.6 Å². The van der Waals surface area contributed by atoms with E-state index in [0.29, 0.717) is 23.2 Å². The number of rotatable bonds is 4. The average molecular weight is 319 g/mol. The molecule has 2 nitrogen and oxygen atoms in total. The maximum Gasteiger partial charge on any atom is 0.353 e. The van der Waals surface area contributed by atoms with Gasteiger partial charge in [-0.05, 0) is 17.3 Å². The number of aromatic nitrogens is 2. The summed E-state index contributed by atoms with van der Waals surface area (Å²) in [6.07, 6.45) is 3.04. The second-order valence-electron chi connectivity index (χ2n) is 3.41. The molecule has 0 N–H and O–H groups in total. The lowest BCUT2D eigenvalue weighted by Crippen LogP contribution is -1.99. The lowest BCUT2D eigenvalue weighted by molar-refractivity contribution is 0.221. The van der Waals surface area contributed by atoms with Crippen molar-refractivity contribution in [3.63, 3.8) is 0 Å². The molecule has 0 radical (unpaired) electrons. The van der Waals surface area contributed by atoms with Crippen molar-refractivity contribution in [2.45, 2.75) is 15.6 Å². The van der Waals surface area contributed by atoms with E-state index < -0.39 is 4.16 Å². The highest BCUT2D eigenvalue weighted by molar-refractivity contribution is 9.11. The fourth-order valence-corrected chi connectivity index (χ4v) is 2.49. The van der Waals surface area contributed by atoms with Crippen LogP contribution in [0.3, 0.4) is 0 Å². The lowest BCUT2D eigenvalue weighted by atomic mass is 10.2. The maximum atomic E-state index is 12.7. The first-order valence-corrected chi connectivity index (χ1v) is 6.46. The molecule has 0 aliphatic rings. The summed E-state index contributed by atoms with van der Waals surface area (Å²) in [7, 11) is 0. The predicted octanol–water partition coefficient (Wildman–Crippen LogP) is 3.97. The van der Waals surface area contributed by atoms with Crippen LogP contribution in [-0.4, -0.2) is 13.9 Å². The van der Waals surface area contributed by atoms with Gasteiger partial charge in [-0.25, -0.2) is 0 Å². The van der Waals surface area contributed by atoms with Crippen molar-refractivity contribution in [2.24, 2.45) is 0 Å². The van der Waals surface area contributed by atoms with Gasteiger partial charge in [-0.15, -0.1) is 0 Å². The van der Waals surface area contributed by atoms with Crippen LogP contribution in [-0.2, 0) is 6.54 Å². The summed E-state index contributed by atoms with van der Waals surface area (Å²) < 4.78 is 24.1. The summed E-state index contributed by atoms with van der Waals surface area (Å²) in [5.74, 6) is 0. The first kappa shape index (κ1) is 12.6. The molecule has 0 aliphatic carbocycles. The molecule has 2 rings (SSSR count). The minimum Gasteiger partial charge on any atom is -0.267 e. The van der Waals surface area contributed by atoms with Crippen molar-refractivity contribution in [3.8, 4) is 0 Å². The van der Waals surface area contributed by atoms with Crippen molar-refractivity contribution in [1.29, 1.82) is 0 Å². The van der Waals surface area contributed by atoms with E-state index in [4.69, 9.17) is 0 Å². The first-order valence-electron chi connectivity index (χ1n) is 4.85. The third kappa shape index (κ3) is 4.12. The highest BCUT2D eigenvalue weighted by atomic mass is 79.9. The van der Waals surface area contributed by atoms with E-state index >= 15 is 0 Å². The number of thioether (sulfide) groups is 1. The molecule has 0 amide bonds. The molecular weight excluding hydrogens is 310 g/mol. The summed E-state index contributed by atoms with van der Waals surface area (Å²) in [4.78, 5) is 0.433. The molecule has 0 saturated heterocycles. The number of nitrogens with zero attached hydrogens (tertiary/aromatic N) is 2. The number of alkyl halides is 3. The Bertz CT molecular complexity index is 482. The molecule has 0 bridgehead atoms. The zero-order valence-electron chi connectivity index (χ0n) is 8.69. The Morgan fingerprint density at radius 1 is 1.29 bits per heavy atom. The highest BCUT2D eigenvalue weighted by Crippen LogP contribution is 2.40. The fraction of sp³-hybridized carbons (Fsp3) is 0.182. The van der Waals surface area contributed by atoms with E-state index in [1.54, 1.807) is 10.9 Å². The number of halogens is 3. The summed E-state index contributed by atoms with van der Waals surface area (Å²) in [6, 6.07) is 9.72. The third-order valence-corrected chi connectivity index (χ3v) is 3.19. The summed E-state index contributed by atoms with van der Waals surface area (Å²) >= 11 is 2.72. The SMILES string of the molecule is FC(F)(Br)Sc1cnn(Cc2ccccc2)c1. The van der Waals surface area contributed by atoms with Gasteiger partial charge < -0.3 is 0 Å². The second-order valence-corrected chi connectivity index (χ2v) is 6.12. The van der Waals surface area contributed by atoms with Crippen molar-refractivity contribution < 1.29 is 8.78 Å². The number of hydrogen-bond donors (Lipinski definition) is 0. The van der Waals surface area contributed by atoms with Gasteiger partial charge >= 0.3 is 4.16 Å². The van der Waals surface area contributed by atoms with Crippen molar-refractivity contribution >= 4 is 27.7 Å². The van der Waals surface area contributed by atoms with Crippen LogP contribution < -0.4 is 0 Å². The van der Waals surface area contributed by atoms with Gasteiger partial charge in [0.2, 0.25) is 0 Å². The van der Waals surface area contributed by atoms with Gasteiger partial charge in [0.25, 0.3) is 0 Å². The molecule has 1 aromatic heterocycles. The second kappa shape index (κ2) is 5.18. The Morgan fingerprint density at radius 3 is 2.65 bits per heavy atom.